The second-order valence-corrected chi connectivity index (χ2v) is 16.4. The first-order valence-corrected chi connectivity index (χ1v) is 20.9. The molecule has 0 aliphatic carbocycles. The third-order valence-corrected chi connectivity index (χ3v) is 12.3. The average Bonchev–Trinajstić information content (AvgIpc) is 4.13. The topological polar surface area (TPSA) is 188 Å². The zero-order chi connectivity index (χ0) is 41.9. The smallest absolute Gasteiger partial charge is 0.407 e. The Kier molecular flexibility index (Phi) is 11.6. The van der Waals surface area contributed by atoms with E-state index in [9.17, 15) is 19.2 Å². The highest BCUT2D eigenvalue weighted by atomic mass is 32.1. The predicted molar refractivity (Wildman–Crippen MR) is 226 cm³/mol. The summed E-state index contributed by atoms with van der Waals surface area (Å²) in [6.45, 7) is 4.93. The van der Waals surface area contributed by atoms with Gasteiger partial charge < -0.3 is 39.9 Å². The highest BCUT2D eigenvalue weighted by Gasteiger charge is 2.39. The van der Waals surface area contributed by atoms with Crippen LogP contribution in [0, 0.1) is 5.92 Å². The van der Waals surface area contributed by atoms with Gasteiger partial charge in [0.15, 0.2) is 0 Å². The molecule has 16 heteroatoms. The van der Waals surface area contributed by atoms with Gasteiger partial charge in [-0.15, -0.1) is 11.3 Å². The van der Waals surface area contributed by atoms with Gasteiger partial charge in [-0.1, -0.05) is 74.5 Å². The van der Waals surface area contributed by atoms with E-state index in [0.717, 1.165) is 69.0 Å². The molecule has 6 aromatic rings. The number of nitrogens with zero attached hydrogens (tertiary/aromatic N) is 5. The monoisotopic (exact) mass is 829 g/mol. The second-order valence-electron chi connectivity index (χ2n) is 15.4. The van der Waals surface area contributed by atoms with Crippen molar-refractivity contribution in [3.8, 4) is 33.1 Å². The SMILES string of the molecule is COC(=O)NC(C(=O)N1CCCC1c1ncc(-c2ccc3sc(-c4ccc(-c5cnc(C6CCCN6C(=O)C(NC(=O)OC)C(C)C)[nH]5)cc4)nc3c2)[nH]1)c1ccccc1. The van der Waals surface area contributed by atoms with Gasteiger partial charge in [-0.2, -0.15) is 0 Å². The lowest BCUT2D eigenvalue weighted by molar-refractivity contribution is -0.135. The number of thiazole rings is 1. The van der Waals surface area contributed by atoms with E-state index < -0.39 is 24.3 Å². The molecule has 4 amide bonds. The molecule has 0 radical (unpaired) electrons. The van der Waals surface area contributed by atoms with E-state index in [4.69, 9.17) is 19.4 Å². The van der Waals surface area contributed by atoms with E-state index in [-0.39, 0.29) is 29.8 Å². The fourth-order valence-electron chi connectivity index (χ4n) is 8.10. The highest BCUT2D eigenvalue weighted by molar-refractivity contribution is 7.21. The maximum Gasteiger partial charge on any atom is 0.407 e. The van der Waals surface area contributed by atoms with E-state index >= 15 is 0 Å². The Balaban J connectivity index is 0.953. The number of alkyl carbamates (subject to hydrolysis) is 2. The molecule has 4 unspecified atom stereocenters. The summed E-state index contributed by atoms with van der Waals surface area (Å²) >= 11 is 1.61. The van der Waals surface area contributed by atoms with Crippen LogP contribution in [0.2, 0.25) is 0 Å². The summed E-state index contributed by atoms with van der Waals surface area (Å²) in [5.41, 5.74) is 6.06. The van der Waals surface area contributed by atoms with Crippen molar-refractivity contribution in [1.29, 1.82) is 0 Å². The number of rotatable bonds is 11. The minimum absolute atomic E-state index is 0.112. The van der Waals surface area contributed by atoms with Gasteiger partial charge in [-0.05, 0) is 54.9 Å². The summed E-state index contributed by atoms with van der Waals surface area (Å²) in [7, 11) is 2.57. The van der Waals surface area contributed by atoms with E-state index in [2.05, 4.69) is 31.7 Å². The molecule has 2 aliphatic rings. The van der Waals surface area contributed by atoms with Crippen molar-refractivity contribution >= 4 is 45.6 Å². The largest absolute Gasteiger partial charge is 0.453 e. The molecule has 5 heterocycles. The molecule has 310 valence electrons. The molecular weight excluding hydrogens is 783 g/mol. The number of H-pyrrole nitrogens is 2. The van der Waals surface area contributed by atoms with Gasteiger partial charge in [0, 0.05) is 24.2 Å². The van der Waals surface area contributed by atoms with Gasteiger partial charge in [0.05, 0.1) is 60.3 Å². The van der Waals surface area contributed by atoms with Crippen LogP contribution in [-0.4, -0.2) is 92.1 Å². The van der Waals surface area contributed by atoms with Crippen LogP contribution >= 0.6 is 11.3 Å². The van der Waals surface area contributed by atoms with Crippen molar-refractivity contribution in [1.82, 2.24) is 45.4 Å². The summed E-state index contributed by atoms with van der Waals surface area (Å²) in [6.07, 6.45) is 5.44. The number of aromatic amines is 2. The minimum atomic E-state index is -0.890. The van der Waals surface area contributed by atoms with Crippen molar-refractivity contribution in [2.24, 2.45) is 5.92 Å². The number of likely N-dealkylation sites (tertiary alicyclic amines) is 2. The molecule has 0 saturated carbocycles. The summed E-state index contributed by atoms with van der Waals surface area (Å²) in [4.78, 5) is 76.6. The zero-order valence-electron chi connectivity index (χ0n) is 33.8. The molecule has 60 heavy (non-hydrogen) atoms. The predicted octanol–water partition coefficient (Wildman–Crippen LogP) is 7.55. The molecule has 8 rings (SSSR count). The number of benzene rings is 3. The van der Waals surface area contributed by atoms with Crippen LogP contribution in [0.4, 0.5) is 9.59 Å². The van der Waals surface area contributed by atoms with E-state index in [0.29, 0.717) is 30.3 Å². The Labute approximate surface area is 350 Å². The van der Waals surface area contributed by atoms with E-state index in [1.54, 1.807) is 33.5 Å². The van der Waals surface area contributed by atoms with Gasteiger partial charge in [0.1, 0.15) is 28.7 Å². The van der Waals surface area contributed by atoms with Gasteiger partial charge in [0.25, 0.3) is 5.91 Å². The number of imidazole rings is 2. The Morgan fingerprint density at radius 3 is 1.92 bits per heavy atom. The Morgan fingerprint density at radius 1 is 0.733 bits per heavy atom. The van der Waals surface area contributed by atoms with Crippen LogP contribution < -0.4 is 10.6 Å². The van der Waals surface area contributed by atoms with Crippen molar-refractivity contribution in [3.05, 3.63) is 102 Å². The summed E-state index contributed by atoms with van der Waals surface area (Å²) in [6, 6.07) is 21.4. The second kappa shape index (κ2) is 17.4. The van der Waals surface area contributed by atoms with Crippen LogP contribution in [0.5, 0.6) is 0 Å². The number of fused-ring (bicyclic) bond motifs is 1. The third-order valence-electron chi connectivity index (χ3n) is 11.3. The Bertz CT molecular complexity index is 2500. The fourth-order valence-corrected chi connectivity index (χ4v) is 9.05. The number of methoxy groups -OCH3 is 2. The molecule has 3 aromatic heterocycles. The maximum atomic E-state index is 13.9. The van der Waals surface area contributed by atoms with E-state index in [1.807, 2.05) is 80.6 Å². The molecule has 3 aromatic carbocycles. The molecule has 4 N–H and O–H groups in total. The number of carbonyl (C=O) groups excluding carboxylic acids is 4. The van der Waals surface area contributed by atoms with Crippen LogP contribution in [0.15, 0.2) is 85.2 Å². The summed E-state index contributed by atoms with van der Waals surface area (Å²) < 4.78 is 10.6. The zero-order valence-corrected chi connectivity index (χ0v) is 34.6. The fraction of sp³-hybridized carbons (Fsp3) is 0.341. The lowest BCUT2D eigenvalue weighted by Gasteiger charge is -2.30. The van der Waals surface area contributed by atoms with Gasteiger partial charge in [-0.25, -0.2) is 24.5 Å². The Morgan fingerprint density at radius 2 is 1.30 bits per heavy atom. The Hall–Kier alpha value is -6.55. The summed E-state index contributed by atoms with van der Waals surface area (Å²) in [5, 5.41) is 6.30. The number of carbonyl (C=O) groups is 4. The number of aromatic nitrogens is 5. The molecule has 4 atom stereocenters. The van der Waals surface area contributed by atoms with Crippen LogP contribution in [0.3, 0.4) is 0 Å². The van der Waals surface area contributed by atoms with Crippen molar-refractivity contribution < 1.29 is 28.7 Å². The molecule has 2 aliphatic heterocycles. The number of ether oxygens (including phenoxy) is 2. The number of hydrogen-bond donors (Lipinski definition) is 4. The first-order chi connectivity index (χ1) is 29.1. The quantitative estimate of drug-likeness (QED) is 0.102. The third kappa shape index (κ3) is 8.19. The van der Waals surface area contributed by atoms with Crippen molar-refractivity contribution in [3.63, 3.8) is 0 Å². The van der Waals surface area contributed by atoms with Crippen LogP contribution in [0.1, 0.15) is 74.9 Å². The molecule has 2 fully saturated rings. The van der Waals surface area contributed by atoms with Crippen molar-refractivity contribution in [2.75, 3.05) is 27.3 Å². The van der Waals surface area contributed by atoms with Crippen LogP contribution in [-0.2, 0) is 19.1 Å². The van der Waals surface area contributed by atoms with Crippen LogP contribution in [0.25, 0.3) is 43.3 Å². The number of hydrogen-bond acceptors (Lipinski definition) is 10. The lowest BCUT2D eigenvalue weighted by atomic mass is 10.0. The first-order valence-electron chi connectivity index (χ1n) is 20.1. The summed E-state index contributed by atoms with van der Waals surface area (Å²) in [5.74, 6) is 0.920. The minimum Gasteiger partial charge on any atom is -0.453 e. The molecular formula is C44H47N9O6S. The molecule has 15 nitrogen and oxygen atoms in total. The number of amides is 4. The maximum absolute atomic E-state index is 13.9. The average molecular weight is 830 g/mol. The van der Waals surface area contributed by atoms with E-state index in [1.165, 1.54) is 14.2 Å². The normalized spacial score (nSPS) is 17.5. The molecule has 2 saturated heterocycles. The van der Waals surface area contributed by atoms with Gasteiger partial charge >= 0.3 is 12.2 Å². The van der Waals surface area contributed by atoms with Gasteiger partial charge in [0.2, 0.25) is 5.91 Å². The molecule has 0 bridgehead atoms. The molecule has 0 spiro atoms. The highest BCUT2D eigenvalue weighted by Crippen LogP contribution is 2.37. The standard InChI is InChI=1S/C44H47N9O6S/c1-25(2)36(50-43(56)58-3)41(54)52-20-8-12-33(52)38-45-23-31(47-38)26-14-16-28(17-15-26)40-49-30-22-29(18-19-35(30)60-40)32-24-46-39(48-32)34-13-9-21-53(34)42(55)37(51-44(57)59-4)27-10-6-5-7-11-27/h5-7,10-11,14-19,22-25,33-34,36-37H,8-9,12-13,20-21H2,1-4H3,(H,45,47)(H,46,48)(H,50,56)(H,51,57). The van der Waals surface area contributed by atoms with Gasteiger partial charge in [-0.3, -0.25) is 9.59 Å². The first kappa shape index (κ1) is 40.2. The number of nitrogens with one attached hydrogen (secondary N) is 4. The van der Waals surface area contributed by atoms with Crippen molar-refractivity contribution in [2.45, 2.75) is 63.7 Å². The lowest BCUT2D eigenvalue weighted by Crippen LogP contribution is -2.51.